The van der Waals surface area contributed by atoms with Crippen molar-refractivity contribution in [2.45, 2.75) is 25.8 Å². The smallest absolute Gasteiger partial charge is 0.251 e. The molecule has 30 heavy (non-hydrogen) atoms. The van der Waals surface area contributed by atoms with Crippen molar-refractivity contribution < 1.29 is 9.59 Å². The van der Waals surface area contributed by atoms with Crippen LogP contribution in [0.25, 0.3) is 11.0 Å². The molecule has 2 amide bonds. The lowest BCUT2D eigenvalue weighted by atomic mass is 9.89. The van der Waals surface area contributed by atoms with E-state index in [4.69, 9.17) is 0 Å². The van der Waals surface area contributed by atoms with Gasteiger partial charge in [0, 0.05) is 30.4 Å². The number of fused-ring (bicyclic) bond motifs is 1. The largest absolute Gasteiger partial charge is 0.349 e. The Kier molecular flexibility index (Phi) is 6.09. The number of imidazole rings is 1. The van der Waals surface area contributed by atoms with Crippen LogP contribution < -0.4 is 10.6 Å². The van der Waals surface area contributed by atoms with Gasteiger partial charge in [-0.05, 0) is 42.7 Å². The van der Waals surface area contributed by atoms with E-state index in [2.05, 4.69) is 32.4 Å². The zero-order valence-electron chi connectivity index (χ0n) is 17.1. The van der Waals surface area contributed by atoms with Crippen LogP contribution in [0, 0.1) is 5.92 Å². The van der Waals surface area contributed by atoms with Crippen LogP contribution >= 0.6 is 0 Å². The normalized spacial score (nSPS) is 19.5. The van der Waals surface area contributed by atoms with Gasteiger partial charge in [0.1, 0.15) is 0 Å². The van der Waals surface area contributed by atoms with E-state index in [1.165, 1.54) is 0 Å². The van der Waals surface area contributed by atoms with Gasteiger partial charge < -0.3 is 15.6 Å². The SMILES string of the molecule is CC[C@@H]1CN(CC(=O)Nc2ccccc2)CC[C@@H]1NC(=O)c1ccc2nc[nH]c2c1. The number of anilines is 1. The molecule has 2 atom stereocenters. The summed E-state index contributed by atoms with van der Waals surface area (Å²) in [5.74, 6) is 0.236. The Labute approximate surface area is 175 Å². The Balaban J connectivity index is 1.32. The second-order valence-electron chi connectivity index (χ2n) is 7.82. The van der Waals surface area contributed by atoms with Gasteiger partial charge in [0.2, 0.25) is 5.91 Å². The van der Waals surface area contributed by atoms with Crippen LogP contribution in [0.3, 0.4) is 0 Å². The van der Waals surface area contributed by atoms with Gasteiger partial charge in [0.15, 0.2) is 0 Å². The van der Waals surface area contributed by atoms with E-state index in [0.717, 1.165) is 42.7 Å². The number of hydrogen-bond donors (Lipinski definition) is 3. The topological polar surface area (TPSA) is 90.1 Å². The molecule has 3 N–H and O–H groups in total. The molecule has 2 heterocycles. The van der Waals surface area contributed by atoms with E-state index >= 15 is 0 Å². The summed E-state index contributed by atoms with van der Waals surface area (Å²) in [5.41, 5.74) is 3.14. The fourth-order valence-corrected chi connectivity index (χ4v) is 4.11. The van der Waals surface area contributed by atoms with Crippen LogP contribution in [-0.4, -0.2) is 52.4 Å². The minimum absolute atomic E-state index is 0.00796. The van der Waals surface area contributed by atoms with Gasteiger partial charge in [-0.15, -0.1) is 0 Å². The Morgan fingerprint density at radius 3 is 2.83 bits per heavy atom. The first-order valence-electron chi connectivity index (χ1n) is 10.4. The summed E-state index contributed by atoms with van der Waals surface area (Å²) in [5, 5.41) is 6.15. The van der Waals surface area contributed by atoms with E-state index < -0.39 is 0 Å². The van der Waals surface area contributed by atoms with Crippen molar-refractivity contribution in [2.75, 3.05) is 25.0 Å². The predicted octanol–water partition coefficient (Wildman–Crippen LogP) is 3.03. The number of aromatic amines is 1. The highest BCUT2D eigenvalue weighted by Crippen LogP contribution is 2.21. The first-order valence-corrected chi connectivity index (χ1v) is 10.4. The Bertz CT molecular complexity index is 1020. The lowest BCUT2D eigenvalue weighted by Gasteiger charge is -2.38. The van der Waals surface area contributed by atoms with Crippen molar-refractivity contribution in [1.82, 2.24) is 20.2 Å². The van der Waals surface area contributed by atoms with Gasteiger partial charge in [-0.25, -0.2) is 4.98 Å². The minimum atomic E-state index is -0.0646. The fraction of sp³-hybridized carbons (Fsp3) is 0.348. The average molecular weight is 406 g/mol. The molecule has 0 radical (unpaired) electrons. The third-order valence-corrected chi connectivity index (χ3v) is 5.77. The highest BCUT2D eigenvalue weighted by Gasteiger charge is 2.30. The van der Waals surface area contributed by atoms with Gasteiger partial charge in [0.25, 0.3) is 5.91 Å². The number of likely N-dealkylation sites (tertiary alicyclic amines) is 1. The third-order valence-electron chi connectivity index (χ3n) is 5.77. The number of H-pyrrole nitrogens is 1. The van der Waals surface area contributed by atoms with Crippen LogP contribution in [-0.2, 0) is 4.79 Å². The Morgan fingerprint density at radius 2 is 2.03 bits per heavy atom. The monoisotopic (exact) mass is 405 g/mol. The molecule has 7 nitrogen and oxygen atoms in total. The van der Waals surface area contributed by atoms with Crippen LogP contribution in [0.4, 0.5) is 5.69 Å². The number of nitrogens with one attached hydrogen (secondary N) is 3. The number of piperidine rings is 1. The van der Waals surface area contributed by atoms with Crippen LogP contribution in [0.2, 0.25) is 0 Å². The molecule has 1 fully saturated rings. The standard InChI is InChI=1S/C23H27N5O2/c1-2-16-13-28(14-22(29)26-18-6-4-3-5-7-18)11-10-19(16)27-23(30)17-8-9-20-21(12-17)25-15-24-20/h3-9,12,15-16,19H,2,10-11,13-14H2,1H3,(H,24,25)(H,26,29)(H,27,30)/t16-,19+/m1/s1. The van der Waals surface area contributed by atoms with Gasteiger partial charge in [0.05, 0.1) is 23.9 Å². The summed E-state index contributed by atoms with van der Waals surface area (Å²) in [6.45, 7) is 4.07. The first-order chi connectivity index (χ1) is 14.6. The number of carbonyl (C=O) groups is 2. The maximum absolute atomic E-state index is 12.8. The van der Waals surface area contributed by atoms with Crippen molar-refractivity contribution in [3.05, 3.63) is 60.4 Å². The molecule has 0 aliphatic carbocycles. The van der Waals surface area contributed by atoms with Crippen molar-refractivity contribution >= 4 is 28.5 Å². The van der Waals surface area contributed by atoms with Crippen molar-refractivity contribution in [1.29, 1.82) is 0 Å². The zero-order chi connectivity index (χ0) is 20.9. The van der Waals surface area contributed by atoms with E-state index in [1.54, 1.807) is 6.33 Å². The number of hydrogen-bond acceptors (Lipinski definition) is 4. The van der Waals surface area contributed by atoms with Gasteiger partial charge in [-0.3, -0.25) is 14.5 Å². The summed E-state index contributed by atoms with van der Waals surface area (Å²) >= 11 is 0. The molecule has 1 aliphatic rings. The molecule has 2 aromatic carbocycles. The fourth-order valence-electron chi connectivity index (χ4n) is 4.11. The average Bonchev–Trinajstić information content (AvgIpc) is 3.23. The van der Waals surface area contributed by atoms with E-state index in [-0.39, 0.29) is 17.9 Å². The van der Waals surface area contributed by atoms with Gasteiger partial charge in [-0.1, -0.05) is 31.5 Å². The molecule has 156 valence electrons. The summed E-state index contributed by atoms with van der Waals surface area (Å²) < 4.78 is 0. The quantitative estimate of drug-likeness (QED) is 0.588. The van der Waals surface area contributed by atoms with Gasteiger partial charge in [-0.2, -0.15) is 0 Å². The van der Waals surface area contributed by atoms with Crippen molar-refractivity contribution in [2.24, 2.45) is 5.92 Å². The molecule has 0 unspecified atom stereocenters. The number of benzene rings is 2. The highest BCUT2D eigenvalue weighted by molar-refractivity contribution is 5.97. The molecule has 0 spiro atoms. The summed E-state index contributed by atoms with van der Waals surface area (Å²) in [4.78, 5) is 34.6. The molecule has 0 saturated carbocycles. The Hall–Kier alpha value is -3.19. The third kappa shape index (κ3) is 4.68. The molecular formula is C23H27N5O2. The molecule has 1 saturated heterocycles. The molecular weight excluding hydrogens is 378 g/mol. The van der Waals surface area contributed by atoms with Crippen molar-refractivity contribution in [3.8, 4) is 0 Å². The second kappa shape index (κ2) is 9.09. The first kappa shape index (κ1) is 20.1. The second-order valence-corrected chi connectivity index (χ2v) is 7.82. The number of para-hydroxylation sites is 1. The predicted molar refractivity (Wildman–Crippen MR) is 117 cm³/mol. The summed E-state index contributed by atoms with van der Waals surface area (Å²) in [6, 6.07) is 15.1. The number of amides is 2. The Morgan fingerprint density at radius 1 is 1.20 bits per heavy atom. The van der Waals surface area contributed by atoms with E-state index in [1.807, 2.05) is 48.5 Å². The maximum atomic E-state index is 12.8. The zero-order valence-corrected chi connectivity index (χ0v) is 17.1. The van der Waals surface area contributed by atoms with Crippen LogP contribution in [0.5, 0.6) is 0 Å². The molecule has 1 aliphatic heterocycles. The van der Waals surface area contributed by atoms with Crippen LogP contribution in [0.15, 0.2) is 54.9 Å². The maximum Gasteiger partial charge on any atom is 0.251 e. The van der Waals surface area contributed by atoms with E-state index in [9.17, 15) is 9.59 Å². The number of aromatic nitrogens is 2. The highest BCUT2D eigenvalue weighted by atomic mass is 16.2. The number of nitrogens with zero attached hydrogens (tertiary/aromatic N) is 2. The molecule has 1 aromatic heterocycles. The van der Waals surface area contributed by atoms with E-state index in [0.29, 0.717) is 18.0 Å². The summed E-state index contributed by atoms with van der Waals surface area (Å²) in [7, 11) is 0. The number of carbonyl (C=O) groups excluding carboxylic acids is 2. The van der Waals surface area contributed by atoms with Gasteiger partial charge >= 0.3 is 0 Å². The molecule has 3 aromatic rings. The summed E-state index contributed by atoms with van der Waals surface area (Å²) in [6.07, 6.45) is 3.40. The van der Waals surface area contributed by atoms with Crippen LogP contribution in [0.1, 0.15) is 30.1 Å². The minimum Gasteiger partial charge on any atom is -0.349 e. The molecule has 4 rings (SSSR count). The van der Waals surface area contributed by atoms with Crippen molar-refractivity contribution in [3.63, 3.8) is 0 Å². The lowest BCUT2D eigenvalue weighted by molar-refractivity contribution is -0.117. The number of rotatable bonds is 6. The molecule has 7 heteroatoms. The molecule has 0 bridgehead atoms. The lowest BCUT2D eigenvalue weighted by Crippen LogP contribution is -2.52.